The number of benzene rings is 1. The monoisotopic (exact) mass is 225 g/mol. The molecule has 0 atom stereocenters. The number of nitrogens with one attached hydrogen (secondary N) is 2. The van der Waals surface area contributed by atoms with Gasteiger partial charge in [0.1, 0.15) is 0 Å². The summed E-state index contributed by atoms with van der Waals surface area (Å²) in [6, 6.07) is 6.14. The minimum atomic E-state index is -0.460. The molecule has 0 amide bonds. The van der Waals surface area contributed by atoms with Crippen LogP contribution in [0.3, 0.4) is 0 Å². The molecule has 1 rings (SSSR count). The van der Waals surface area contributed by atoms with Crippen molar-refractivity contribution in [1.82, 2.24) is 5.43 Å². The Bertz CT molecular complexity index is 419. The summed E-state index contributed by atoms with van der Waals surface area (Å²) in [6.45, 7) is 0. The molecule has 0 aliphatic carbocycles. The summed E-state index contributed by atoms with van der Waals surface area (Å²) in [6.07, 6.45) is 1.52. The van der Waals surface area contributed by atoms with Gasteiger partial charge in [0.2, 0.25) is 5.11 Å². The fourth-order valence-corrected chi connectivity index (χ4v) is 0.978. The van der Waals surface area contributed by atoms with E-state index >= 15 is 0 Å². The molecule has 0 bridgehead atoms. The lowest BCUT2D eigenvalue weighted by atomic mass is 10.2. The summed E-state index contributed by atoms with van der Waals surface area (Å²) < 4.78 is 0. The third-order valence-electron chi connectivity index (χ3n) is 1.52. The van der Waals surface area contributed by atoms with E-state index in [0.717, 1.165) is 0 Å². The van der Waals surface area contributed by atoms with Crippen molar-refractivity contribution in [3.8, 4) is 0 Å². The SMILES string of the molecule is NC(=S)N[NH+]=Cc1cccc([N+](=O)[O-])c1. The van der Waals surface area contributed by atoms with Gasteiger partial charge < -0.3 is 5.73 Å². The van der Waals surface area contributed by atoms with Crippen molar-refractivity contribution < 1.29 is 10.0 Å². The van der Waals surface area contributed by atoms with Crippen LogP contribution in [-0.4, -0.2) is 16.3 Å². The zero-order valence-electron chi connectivity index (χ0n) is 7.64. The van der Waals surface area contributed by atoms with Gasteiger partial charge in [-0.3, -0.25) is 10.1 Å². The van der Waals surface area contributed by atoms with Crippen molar-refractivity contribution in [3.63, 3.8) is 0 Å². The number of rotatable bonds is 3. The smallest absolute Gasteiger partial charge is 0.270 e. The van der Waals surface area contributed by atoms with Crippen LogP contribution in [0.25, 0.3) is 0 Å². The lowest BCUT2D eigenvalue weighted by Gasteiger charge is -1.91. The van der Waals surface area contributed by atoms with Crippen LogP contribution in [0.4, 0.5) is 5.69 Å². The molecule has 1 aromatic carbocycles. The largest absolute Gasteiger partial charge is 0.372 e. The van der Waals surface area contributed by atoms with Crippen LogP contribution in [0.1, 0.15) is 5.56 Å². The van der Waals surface area contributed by atoms with E-state index in [4.69, 9.17) is 5.73 Å². The summed E-state index contributed by atoms with van der Waals surface area (Å²) in [7, 11) is 0. The Labute approximate surface area is 90.9 Å². The number of nitro benzene ring substituents is 1. The second-order valence-corrected chi connectivity index (χ2v) is 3.07. The second kappa shape index (κ2) is 5.01. The predicted molar refractivity (Wildman–Crippen MR) is 59.1 cm³/mol. The van der Waals surface area contributed by atoms with Crippen LogP contribution in [0.5, 0.6) is 0 Å². The molecule has 0 saturated heterocycles. The van der Waals surface area contributed by atoms with Crippen molar-refractivity contribution in [2.45, 2.75) is 0 Å². The number of hydrazone groups is 1. The van der Waals surface area contributed by atoms with E-state index in [1.165, 1.54) is 18.3 Å². The van der Waals surface area contributed by atoms with Crippen LogP contribution in [0.2, 0.25) is 0 Å². The number of nitrogens with two attached hydrogens (primary N) is 1. The Morgan fingerprint density at radius 1 is 1.67 bits per heavy atom. The average molecular weight is 225 g/mol. The first-order chi connectivity index (χ1) is 7.09. The molecule has 15 heavy (non-hydrogen) atoms. The third kappa shape index (κ3) is 3.69. The van der Waals surface area contributed by atoms with Gasteiger partial charge in [-0.2, -0.15) is 0 Å². The van der Waals surface area contributed by atoms with Gasteiger partial charge in [-0.25, -0.2) is 0 Å². The van der Waals surface area contributed by atoms with Crippen LogP contribution < -0.4 is 16.3 Å². The highest BCUT2D eigenvalue weighted by Crippen LogP contribution is 2.10. The highest BCUT2D eigenvalue weighted by molar-refractivity contribution is 7.80. The number of hydrogen-bond donors (Lipinski definition) is 3. The molecule has 78 valence electrons. The topological polar surface area (TPSA) is 95.2 Å². The predicted octanol–water partition coefficient (Wildman–Crippen LogP) is -1.16. The van der Waals surface area contributed by atoms with Gasteiger partial charge in [0.25, 0.3) is 5.69 Å². The van der Waals surface area contributed by atoms with Gasteiger partial charge in [-0.1, -0.05) is 6.07 Å². The molecule has 4 N–H and O–H groups in total. The summed E-state index contributed by atoms with van der Waals surface area (Å²) >= 11 is 4.55. The normalized spacial score (nSPS) is 10.1. The summed E-state index contributed by atoms with van der Waals surface area (Å²) in [4.78, 5) is 9.99. The molecule has 0 fully saturated rings. The maximum absolute atomic E-state index is 10.5. The molecule has 6 nitrogen and oxygen atoms in total. The highest BCUT2D eigenvalue weighted by Gasteiger charge is 2.05. The first-order valence-electron chi connectivity index (χ1n) is 3.98. The third-order valence-corrected chi connectivity index (χ3v) is 1.62. The number of nitro groups is 1. The maximum Gasteiger partial charge on any atom is 0.270 e. The van der Waals surface area contributed by atoms with E-state index in [0.29, 0.717) is 5.56 Å². The van der Waals surface area contributed by atoms with Crippen LogP contribution in [-0.2, 0) is 0 Å². The average Bonchev–Trinajstić information content (AvgIpc) is 2.17. The summed E-state index contributed by atoms with van der Waals surface area (Å²) in [5.41, 5.74) is 8.32. The molecule has 0 aromatic heterocycles. The lowest BCUT2D eigenvalue weighted by molar-refractivity contribution is -0.499. The van der Waals surface area contributed by atoms with Gasteiger partial charge in [-0.15, -0.1) is 10.5 Å². The van der Waals surface area contributed by atoms with Crippen LogP contribution >= 0.6 is 12.2 Å². The number of non-ortho nitro benzene ring substituents is 1. The molecule has 0 radical (unpaired) electrons. The minimum Gasteiger partial charge on any atom is -0.372 e. The number of hydrogen-bond acceptors (Lipinski definition) is 3. The molecule has 0 spiro atoms. The standard InChI is InChI=1S/C8H8N4O2S/c9-8(15)11-10-5-6-2-1-3-7(4-6)12(13)14/h1-5H,(H3,9,11,15)/p+1. The van der Waals surface area contributed by atoms with Crippen molar-refractivity contribution in [3.05, 3.63) is 39.9 Å². The Hall–Kier alpha value is -2.02. The van der Waals surface area contributed by atoms with Gasteiger partial charge in [0, 0.05) is 17.7 Å². The highest BCUT2D eigenvalue weighted by atomic mass is 32.1. The van der Waals surface area contributed by atoms with E-state index < -0.39 is 4.92 Å². The summed E-state index contributed by atoms with van der Waals surface area (Å²) in [5, 5.41) is 13.1. The molecular weight excluding hydrogens is 216 g/mol. The zero-order valence-corrected chi connectivity index (χ0v) is 8.45. The van der Waals surface area contributed by atoms with E-state index in [9.17, 15) is 10.1 Å². The van der Waals surface area contributed by atoms with Crippen molar-refractivity contribution >= 4 is 29.2 Å². The van der Waals surface area contributed by atoms with Gasteiger partial charge in [0.15, 0.2) is 6.21 Å². The number of hydrazine groups is 1. The molecule has 0 unspecified atom stereocenters. The Morgan fingerprint density at radius 3 is 3.00 bits per heavy atom. The van der Waals surface area contributed by atoms with Crippen LogP contribution in [0, 0.1) is 10.1 Å². The quantitative estimate of drug-likeness (QED) is 0.261. The molecule has 0 aliphatic rings. The first kappa shape index (κ1) is 11.1. The van der Waals surface area contributed by atoms with E-state index in [1.807, 2.05) is 0 Å². The Morgan fingerprint density at radius 2 is 2.40 bits per heavy atom. The van der Waals surface area contributed by atoms with Crippen molar-refractivity contribution in [2.75, 3.05) is 0 Å². The van der Waals surface area contributed by atoms with E-state index in [-0.39, 0.29) is 10.8 Å². The van der Waals surface area contributed by atoms with Gasteiger partial charge in [0.05, 0.1) is 4.92 Å². The zero-order chi connectivity index (χ0) is 11.3. The van der Waals surface area contributed by atoms with Crippen molar-refractivity contribution in [1.29, 1.82) is 0 Å². The van der Waals surface area contributed by atoms with Gasteiger partial charge >= 0.3 is 0 Å². The maximum atomic E-state index is 10.5. The molecule has 1 aromatic rings. The molecule has 0 heterocycles. The van der Waals surface area contributed by atoms with E-state index in [2.05, 4.69) is 22.7 Å². The molecule has 0 aliphatic heterocycles. The first-order valence-corrected chi connectivity index (χ1v) is 4.39. The fraction of sp³-hybridized carbons (Fsp3) is 0. The minimum absolute atomic E-state index is 0.0286. The lowest BCUT2D eigenvalue weighted by Crippen LogP contribution is -2.82. The van der Waals surface area contributed by atoms with E-state index in [1.54, 1.807) is 12.1 Å². The second-order valence-electron chi connectivity index (χ2n) is 2.63. The van der Waals surface area contributed by atoms with Crippen LogP contribution in [0.15, 0.2) is 24.3 Å². The Kier molecular flexibility index (Phi) is 3.69. The fourth-order valence-electron chi connectivity index (χ4n) is 0.919. The number of nitrogens with zero attached hydrogens (tertiary/aromatic N) is 1. The molecular formula is C8H9N4O2S+. The van der Waals surface area contributed by atoms with Crippen molar-refractivity contribution in [2.24, 2.45) is 5.73 Å². The summed E-state index contributed by atoms with van der Waals surface area (Å²) in [5.74, 6) is 0. The Balaban J connectivity index is 2.78. The molecule has 7 heteroatoms. The molecule has 0 saturated carbocycles. The number of thiocarbonyl (C=S) groups is 1. The van der Waals surface area contributed by atoms with Gasteiger partial charge in [-0.05, 0) is 18.3 Å².